The van der Waals surface area contributed by atoms with Crippen molar-refractivity contribution in [3.8, 4) is 11.1 Å². The molecule has 5 heterocycles. The second-order valence-electron chi connectivity index (χ2n) is 19.9. The Balaban J connectivity index is 0.924. The van der Waals surface area contributed by atoms with Crippen molar-refractivity contribution in [2.45, 2.75) is 130 Å². The first-order valence-electron chi connectivity index (χ1n) is 22.6. The van der Waals surface area contributed by atoms with Gasteiger partial charge in [-0.25, -0.2) is 14.8 Å². The molecule has 1 aliphatic heterocycles. The molecular weight excluding hydrogens is 783 g/mol. The molecular formula is C48H63N9O3S. The Bertz CT molecular complexity index is 2380. The number of likely N-dealkylation sites (N-methyl/N-ethyl adjacent to an activating group) is 1. The number of hydrogen-bond donors (Lipinski definition) is 2. The Kier molecular flexibility index (Phi) is 11.2. The number of nitrogens with one attached hydrogen (secondary N) is 1. The number of para-hydroxylation sites is 1. The van der Waals surface area contributed by atoms with E-state index in [2.05, 4.69) is 72.8 Å². The summed E-state index contributed by atoms with van der Waals surface area (Å²) >= 11 is 1.58. The first-order chi connectivity index (χ1) is 29.3. The quantitative estimate of drug-likeness (QED) is 0.0866. The predicted molar refractivity (Wildman–Crippen MR) is 243 cm³/mol. The van der Waals surface area contributed by atoms with E-state index in [1.165, 1.54) is 51.4 Å². The van der Waals surface area contributed by atoms with Crippen molar-refractivity contribution in [3.63, 3.8) is 0 Å². The predicted octanol–water partition coefficient (Wildman–Crippen LogP) is 10.5. The largest absolute Gasteiger partial charge is 0.476 e. The summed E-state index contributed by atoms with van der Waals surface area (Å²) in [6.45, 7) is 15.7. The van der Waals surface area contributed by atoms with Gasteiger partial charge in [0.1, 0.15) is 5.82 Å². The van der Waals surface area contributed by atoms with Gasteiger partial charge in [-0.05, 0) is 126 Å². The summed E-state index contributed by atoms with van der Waals surface area (Å²) in [4.78, 5) is 27.0. The minimum absolute atomic E-state index is 0.0131. The number of anilines is 4. The molecule has 4 saturated carbocycles. The Morgan fingerprint density at radius 1 is 0.934 bits per heavy atom. The molecule has 5 aliphatic rings. The van der Waals surface area contributed by atoms with Crippen LogP contribution in [-0.4, -0.2) is 84.8 Å². The maximum atomic E-state index is 13.0. The standard InChI is InChI=1S/C48H63N9O3S/c1-7-8-9-10-13-20-55(6)22-23-60-48-28-45(4)25-46(5,29-48)27-47(26-45,30-48)31-57-33(3)36(24-49-57)35-18-19-39(51-40(35)43(58)59)56-21-14-15-34-32(2)41(53-54-42(34)56)52-44-50-37-16-11-12-17-38(37)61-44/h11-12,16-19,24H,7-10,13-15,20-23,25-31H2,1-6H3,(H,58,59)(H,50,52,53)/t45-,46+,47?,48?. The Labute approximate surface area is 364 Å². The van der Waals surface area contributed by atoms with Gasteiger partial charge in [0, 0.05) is 47.6 Å². The van der Waals surface area contributed by atoms with Crippen LogP contribution < -0.4 is 10.2 Å². The molecule has 4 aliphatic carbocycles. The lowest BCUT2D eigenvalue weighted by atomic mass is 9.39. The summed E-state index contributed by atoms with van der Waals surface area (Å²) in [6, 6.07) is 11.9. The summed E-state index contributed by atoms with van der Waals surface area (Å²) in [5.74, 6) is 0.866. The Morgan fingerprint density at radius 2 is 1.72 bits per heavy atom. The third-order valence-electron chi connectivity index (χ3n) is 14.3. The van der Waals surface area contributed by atoms with Crippen molar-refractivity contribution in [2.75, 3.05) is 43.5 Å². The fourth-order valence-corrected chi connectivity index (χ4v) is 13.6. The number of pyridine rings is 1. The van der Waals surface area contributed by atoms with Crippen molar-refractivity contribution in [1.29, 1.82) is 0 Å². The van der Waals surface area contributed by atoms with Crippen LogP contribution in [0.25, 0.3) is 21.3 Å². The first kappa shape index (κ1) is 41.9. The first-order valence-corrected chi connectivity index (χ1v) is 23.5. The van der Waals surface area contributed by atoms with Crippen molar-refractivity contribution in [2.24, 2.45) is 16.2 Å². The zero-order valence-electron chi connectivity index (χ0n) is 37.0. The van der Waals surface area contributed by atoms with Crippen LogP contribution in [0.5, 0.6) is 0 Å². The molecule has 0 amide bonds. The number of rotatable bonds is 17. The number of benzene rings is 1. The topological polar surface area (TPSA) is 134 Å². The van der Waals surface area contributed by atoms with Crippen LogP contribution in [0, 0.1) is 30.1 Å². The van der Waals surface area contributed by atoms with Gasteiger partial charge in [0.2, 0.25) is 0 Å². The number of aromatic carboxylic acids is 1. The van der Waals surface area contributed by atoms with Crippen LogP contribution in [0.2, 0.25) is 0 Å². The SMILES string of the molecule is CCCCCCCN(C)CCOC12CC3(Cn4ncc(-c5ccc(N6CCCc7c6nnc(Nc6nc8ccccc8s6)c7C)nc5C(=O)O)c4C)C[C@@](C)(C1)C[C@](C)(C3)C2. The van der Waals surface area contributed by atoms with E-state index in [1.807, 2.05) is 41.4 Å². The molecule has 4 aromatic heterocycles. The van der Waals surface area contributed by atoms with E-state index in [0.29, 0.717) is 29.6 Å². The van der Waals surface area contributed by atoms with E-state index in [9.17, 15) is 9.90 Å². The molecule has 0 saturated heterocycles. The maximum Gasteiger partial charge on any atom is 0.355 e. The average Bonchev–Trinajstić information content (AvgIpc) is 3.78. The highest BCUT2D eigenvalue weighted by Crippen LogP contribution is 2.72. The number of carboxylic acids is 1. The smallest absolute Gasteiger partial charge is 0.355 e. The summed E-state index contributed by atoms with van der Waals surface area (Å²) < 4.78 is 10.3. The average molecular weight is 846 g/mol. The molecule has 324 valence electrons. The molecule has 2 unspecified atom stereocenters. The number of nitrogens with zero attached hydrogens (tertiary/aromatic N) is 8. The van der Waals surface area contributed by atoms with Gasteiger partial charge < -0.3 is 25.0 Å². The molecule has 5 aromatic rings. The summed E-state index contributed by atoms with van der Waals surface area (Å²) in [6.07, 6.45) is 17.0. The fraction of sp³-hybridized carbons (Fsp3) is 0.583. The van der Waals surface area contributed by atoms with Gasteiger partial charge in [-0.15, -0.1) is 10.2 Å². The van der Waals surface area contributed by atoms with E-state index in [0.717, 1.165) is 96.1 Å². The van der Waals surface area contributed by atoms with Crippen LogP contribution in [0.4, 0.5) is 22.6 Å². The van der Waals surface area contributed by atoms with Crippen LogP contribution >= 0.6 is 11.3 Å². The number of hydrogen-bond acceptors (Lipinski definition) is 11. The van der Waals surface area contributed by atoms with Crippen molar-refractivity contribution >= 4 is 50.1 Å². The molecule has 4 bridgehead atoms. The number of aromatic nitrogens is 6. The number of unbranched alkanes of at least 4 members (excludes halogenated alkanes) is 4. The Morgan fingerprint density at radius 3 is 2.49 bits per heavy atom. The van der Waals surface area contributed by atoms with Crippen molar-refractivity contribution in [1.82, 2.24) is 34.8 Å². The minimum atomic E-state index is -1.07. The van der Waals surface area contributed by atoms with Crippen molar-refractivity contribution in [3.05, 3.63) is 65.1 Å². The van der Waals surface area contributed by atoms with Gasteiger partial charge >= 0.3 is 5.97 Å². The normalized spacial score (nSPS) is 25.5. The number of thiazole rings is 1. The van der Waals surface area contributed by atoms with Crippen LogP contribution in [0.15, 0.2) is 42.6 Å². The van der Waals surface area contributed by atoms with Gasteiger partial charge in [-0.1, -0.05) is 69.9 Å². The highest BCUT2D eigenvalue weighted by Gasteiger charge is 2.66. The third kappa shape index (κ3) is 8.29. The zero-order valence-corrected chi connectivity index (χ0v) is 37.8. The van der Waals surface area contributed by atoms with Gasteiger partial charge in [0.25, 0.3) is 0 Å². The van der Waals surface area contributed by atoms with E-state index >= 15 is 0 Å². The van der Waals surface area contributed by atoms with Crippen LogP contribution in [0.3, 0.4) is 0 Å². The zero-order chi connectivity index (χ0) is 42.6. The molecule has 61 heavy (non-hydrogen) atoms. The van der Waals surface area contributed by atoms with Crippen molar-refractivity contribution < 1.29 is 14.6 Å². The molecule has 0 radical (unpaired) electrons. The lowest BCUT2D eigenvalue weighted by molar-refractivity contribution is -0.248. The maximum absolute atomic E-state index is 13.0. The Hall–Kier alpha value is -4.46. The molecule has 2 N–H and O–H groups in total. The number of ether oxygens (including phenoxy) is 1. The highest BCUT2D eigenvalue weighted by molar-refractivity contribution is 7.22. The van der Waals surface area contributed by atoms with Gasteiger partial charge in [-0.2, -0.15) is 5.10 Å². The lowest BCUT2D eigenvalue weighted by Gasteiger charge is -2.69. The molecule has 1 aromatic carbocycles. The molecule has 4 atom stereocenters. The fourth-order valence-electron chi connectivity index (χ4n) is 12.8. The molecule has 10 rings (SSSR count). The van der Waals surface area contributed by atoms with Gasteiger partial charge in [-0.3, -0.25) is 4.68 Å². The van der Waals surface area contributed by atoms with E-state index in [-0.39, 0.29) is 27.5 Å². The number of carboxylic acid groups (broad SMARTS) is 1. The monoisotopic (exact) mass is 845 g/mol. The lowest BCUT2D eigenvalue weighted by Crippen LogP contribution is -2.64. The number of carbonyl (C=O) groups is 1. The third-order valence-corrected chi connectivity index (χ3v) is 15.3. The van der Waals surface area contributed by atoms with Crippen LogP contribution in [0.1, 0.15) is 125 Å². The molecule has 0 spiro atoms. The van der Waals surface area contributed by atoms with Gasteiger partial charge in [0.15, 0.2) is 22.5 Å². The number of fused-ring (bicyclic) bond motifs is 2. The second-order valence-corrected chi connectivity index (χ2v) is 21.0. The highest BCUT2D eigenvalue weighted by atomic mass is 32.1. The second kappa shape index (κ2) is 16.3. The molecule has 13 heteroatoms. The summed E-state index contributed by atoms with van der Waals surface area (Å²) in [7, 11) is 2.24. The molecule has 12 nitrogen and oxygen atoms in total. The van der Waals surface area contributed by atoms with Crippen LogP contribution in [-0.2, 0) is 17.7 Å². The van der Waals surface area contributed by atoms with Gasteiger partial charge in [0.05, 0.1) is 28.6 Å². The minimum Gasteiger partial charge on any atom is -0.476 e. The summed E-state index contributed by atoms with van der Waals surface area (Å²) in [5.41, 5.74) is 5.82. The van der Waals surface area contributed by atoms with E-state index < -0.39 is 5.97 Å². The summed E-state index contributed by atoms with van der Waals surface area (Å²) in [5, 5.41) is 29.1. The van der Waals surface area contributed by atoms with E-state index in [1.54, 1.807) is 11.3 Å². The molecule has 4 fully saturated rings. The van der Waals surface area contributed by atoms with E-state index in [4.69, 9.17) is 19.8 Å².